The van der Waals surface area contributed by atoms with Gasteiger partial charge in [0.25, 0.3) is 6.33 Å². The molecule has 0 saturated heterocycles. The Morgan fingerprint density at radius 3 is 2.62 bits per heavy atom. The number of carbonyl (C=O) groups is 1. The number of halogens is 1. The lowest BCUT2D eigenvalue weighted by Gasteiger charge is -1.99. The molecule has 0 atom stereocenters. The highest BCUT2D eigenvalue weighted by molar-refractivity contribution is 7.12. The normalized spacial score (nSPS) is 10.5. The maximum absolute atomic E-state index is 12.9. The lowest BCUT2D eigenvalue weighted by Crippen LogP contribution is -2.37. The fourth-order valence-corrected chi connectivity index (χ4v) is 2.61. The van der Waals surface area contributed by atoms with Gasteiger partial charge in [0.2, 0.25) is 5.78 Å². The number of carbonyl (C=O) groups excluding carboxylic acids is 1. The second-order valence-corrected chi connectivity index (χ2v) is 5.47. The van der Waals surface area contributed by atoms with Gasteiger partial charge < -0.3 is 0 Å². The first-order chi connectivity index (χ1) is 10.2. The topological polar surface area (TPSA) is 33.8 Å². The number of rotatable bonds is 4. The molecular weight excluding hydrogens is 287 g/mol. The van der Waals surface area contributed by atoms with Crippen LogP contribution in [0.25, 0.3) is 11.3 Å². The van der Waals surface area contributed by atoms with Crippen LogP contribution >= 0.6 is 11.3 Å². The van der Waals surface area contributed by atoms with Gasteiger partial charge >= 0.3 is 0 Å². The van der Waals surface area contributed by atoms with E-state index in [1.54, 1.807) is 29.2 Å². The molecule has 0 N–H and O–H groups in total. The first-order valence-electron chi connectivity index (χ1n) is 6.40. The second kappa shape index (κ2) is 5.93. The van der Waals surface area contributed by atoms with E-state index in [0.29, 0.717) is 0 Å². The number of aromatic nitrogens is 2. The van der Waals surface area contributed by atoms with E-state index in [2.05, 4.69) is 4.98 Å². The van der Waals surface area contributed by atoms with Crippen LogP contribution in [-0.2, 0) is 6.54 Å². The number of hydrogen-bond acceptors (Lipinski definition) is 3. The lowest BCUT2D eigenvalue weighted by molar-refractivity contribution is -0.686. The Bertz CT molecular complexity index is 737. The van der Waals surface area contributed by atoms with Crippen molar-refractivity contribution >= 4 is 17.1 Å². The van der Waals surface area contributed by atoms with Crippen LogP contribution in [0.3, 0.4) is 0 Å². The summed E-state index contributed by atoms with van der Waals surface area (Å²) in [5, 5.41) is 1.88. The number of Topliss-reactive ketones (excluding diaryl/α,β-unsaturated/α-hetero) is 1. The maximum atomic E-state index is 12.9. The number of thiophene rings is 1. The SMILES string of the molecule is O=C(C[n+]1ccc(-c2ccc(F)cc2)nc1)c1cccs1. The maximum Gasteiger partial charge on any atom is 0.287 e. The highest BCUT2D eigenvalue weighted by atomic mass is 32.1. The van der Waals surface area contributed by atoms with Gasteiger partial charge in [-0.15, -0.1) is 11.3 Å². The molecule has 0 unspecified atom stereocenters. The lowest BCUT2D eigenvalue weighted by atomic mass is 10.1. The summed E-state index contributed by atoms with van der Waals surface area (Å²) in [6.45, 7) is 0.261. The van der Waals surface area contributed by atoms with Gasteiger partial charge in [-0.1, -0.05) is 6.07 Å². The minimum absolute atomic E-state index is 0.0614. The Balaban J connectivity index is 1.75. The summed E-state index contributed by atoms with van der Waals surface area (Å²) in [6.07, 6.45) is 3.42. The zero-order valence-electron chi connectivity index (χ0n) is 11.1. The van der Waals surface area contributed by atoms with Crippen molar-refractivity contribution in [2.24, 2.45) is 0 Å². The van der Waals surface area contributed by atoms with Crippen LogP contribution in [0.1, 0.15) is 9.67 Å². The van der Waals surface area contributed by atoms with Crippen molar-refractivity contribution in [1.29, 1.82) is 0 Å². The molecule has 5 heteroatoms. The van der Waals surface area contributed by atoms with E-state index in [-0.39, 0.29) is 18.1 Å². The summed E-state index contributed by atoms with van der Waals surface area (Å²) in [6, 6.07) is 11.6. The van der Waals surface area contributed by atoms with Crippen molar-refractivity contribution in [2.75, 3.05) is 0 Å². The summed E-state index contributed by atoms with van der Waals surface area (Å²) in [5.74, 6) is -0.211. The Morgan fingerprint density at radius 2 is 2.00 bits per heavy atom. The monoisotopic (exact) mass is 299 g/mol. The molecule has 0 aliphatic heterocycles. The summed E-state index contributed by atoms with van der Waals surface area (Å²) < 4.78 is 14.6. The quantitative estimate of drug-likeness (QED) is 0.548. The first-order valence-corrected chi connectivity index (χ1v) is 7.28. The van der Waals surface area contributed by atoms with Crippen LogP contribution in [0.4, 0.5) is 4.39 Å². The highest BCUT2D eigenvalue weighted by Gasteiger charge is 2.12. The molecule has 1 aromatic carbocycles. The van der Waals surface area contributed by atoms with Gasteiger partial charge in [0.05, 0.1) is 11.1 Å². The van der Waals surface area contributed by atoms with Crippen LogP contribution in [0.5, 0.6) is 0 Å². The van der Waals surface area contributed by atoms with Gasteiger partial charge in [-0.3, -0.25) is 4.79 Å². The van der Waals surface area contributed by atoms with Gasteiger partial charge in [0.1, 0.15) is 5.82 Å². The van der Waals surface area contributed by atoms with E-state index >= 15 is 0 Å². The van der Waals surface area contributed by atoms with Crippen molar-refractivity contribution in [2.45, 2.75) is 6.54 Å². The van der Waals surface area contributed by atoms with Crippen molar-refractivity contribution < 1.29 is 13.8 Å². The average Bonchev–Trinajstić information content (AvgIpc) is 3.03. The molecule has 104 valence electrons. The number of hydrogen-bond donors (Lipinski definition) is 0. The molecule has 2 heterocycles. The Labute approximate surface area is 125 Å². The van der Waals surface area contributed by atoms with Gasteiger partial charge in [-0.05, 0) is 40.7 Å². The van der Waals surface area contributed by atoms with E-state index in [1.807, 2.05) is 23.6 Å². The summed E-state index contributed by atoms with van der Waals surface area (Å²) in [5.41, 5.74) is 1.59. The van der Waals surface area contributed by atoms with E-state index < -0.39 is 0 Å². The fourth-order valence-electron chi connectivity index (χ4n) is 1.95. The third kappa shape index (κ3) is 3.20. The molecule has 2 aromatic heterocycles. The van der Waals surface area contributed by atoms with Crippen LogP contribution in [0, 0.1) is 5.82 Å². The molecular formula is C16H12FN2OS+. The standard InChI is InChI=1S/C16H12FN2OS/c17-13-5-3-12(4-6-13)14-7-8-19(11-18-14)10-15(20)16-2-1-9-21-16/h1-9,11H,10H2/q+1. The number of ketones is 1. The molecule has 0 amide bonds. The Hall–Kier alpha value is -2.40. The smallest absolute Gasteiger partial charge is 0.287 e. The van der Waals surface area contributed by atoms with E-state index in [1.165, 1.54) is 23.5 Å². The van der Waals surface area contributed by atoms with Crippen LogP contribution in [0.15, 0.2) is 60.4 Å². The number of benzene rings is 1. The first kappa shape index (κ1) is 13.6. The van der Waals surface area contributed by atoms with Gasteiger partial charge in [-0.25, -0.2) is 8.96 Å². The zero-order chi connectivity index (χ0) is 14.7. The van der Waals surface area contributed by atoms with Crippen molar-refractivity contribution in [1.82, 2.24) is 4.98 Å². The van der Waals surface area contributed by atoms with E-state index in [0.717, 1.165) is 16.1 Å². The molecule has 0 aliphatic carbocycles. The molecule has 0 saturated carbocycles. The second-order valence-electron chi connectivity index (χ2n) is 4.53. The highest BCUT2D eigenvalue weighted by Crippen LogP contribution is 2.15. The molecule has 0 aliphatic rings. The van der Waals surface area contributed by atoms with E-state index in [4.69, 9.17) is 0 Å². The summed E-state index contributed by atoms with van der Waals surface area (Å²) in [7, 11) is 0. The van der Waals surface area contributed by atoms with Crippen molar-refractivity contribution in [3.63, 3.8) is 0 Å². The Morgan fingerprint density at radius 1 is 1.19 bits per heavy atom. The van der Waals surface area contributed by atoms with Crippen molar-refractivity contribution in [3.8, 4) is 11.3 Å². The molecule has 0 fully saturated rings. The summed E-state index contributed by atoms with van der Waals surface area (Å²) in [4.78, 5) is 17.0. The number of nitrogens with zero attached hydrogens (tertiary/aromatic N) is 2. The molecule has 21 heavy (non-hydrogen) atoms. The minimum Gasteiger partial charge on any atom is -0.289 e. The van der Waals surface area contributed by atoms with E-state index in [9.17, 15) is 9.18 Å². The third-order valence-corrected chi connectivity index (χ3v) is 3.94. The zero-order valence-corrected chi connectivity index (χ0v) is 11.9. The largest absolute Gasteiger partial charge is 0.289 e. The van der Waals surface area contributed by atoms with Gasteiger partial charge in [0.15, 0.2) is 12.2 Å². The van der Waals surface area contributed by atoms with Crippen LogP contribution < -0.4 is 4.57 Å². The minimum atomic E-state index is -0.272. The van der Waals surface area contributed by atoms with Crippen LogP contribution in [-0.4, -0.2) is 10.8 Å². The van der Waals surface area contributed by atoms with Crippen molar-refractivity contribution in [3.05, 3.63) is 71.1 Å². The predicted molar refractivity (Wildman–Crippen MR) is 78.5 cm³/mol. The Kier molecular flexibility index (Phi) is 3.83. The summed E-state index contributed by atoms with van der Waals surface area (Å²) >= 11 is 1.43. The van der Waals surface area contributed by atoms with Crippen LogP contribution in [0.2, 0.25) is 0 Å². The average molecular weight is 299 g/mol. The molecule has 3 aromatic rings. The molecule has 3 rings (SSSR count). The predicted octanol–water partition coefficient (Wildman–Crippen LogP) is 3.12. The molecule has 0 bridgehead atoms. The molecule has 0 radical (unpaired) electrons. The van der Waals surface area contributed by atoms with Gasteiger partial charge in [-0.2, -0.15) is 0 Å². The third-order valence-electron chi connectivity index (χ3n) is 3.03. The fraction of sp³-hybridized carbons (Fsp3) is 0.0625. The molecule has 3 nitrogen and oxygen atoms in total. The van der Waals surface area contributed by atoms with Gasteiger partial charge in [0, 0.05) is 11.6 Å². The molecule has 0 spiro atoms.